The predicted molar refractivity (Wildman–Crippen MR) is 131 cm³/mol. The van der Waals surface area contributed by atoms with E-state index in [-0.39, 0.29) is 29.3 Å². The Bertz CT molecular complexity index is 1180. The maximum absolute atomic E-state index is 12.7. The molecular weight excluding hydrogens is 470 g/mol. The normalized spacial score (nSPS) is 14.7. The zero-order valence-corrected chi connectivity index (χ0v) is 20.6. The molecule has 1 fully saturated rings. The van der Waals surface area contributed by atoms with E-state index in [9.17, 15) is 13.2 Å². The van der Waals surface area contributed by atoms with E-state index in [0.717, 1.165) is 38.0 Å². The van der Waals surface area contributed by atoms with Crippen molar-refractivity contribution in [3.8, 4) is 0 Å². The van der Waals surface area contributed by atoms with Crippen molar-refractivity contribution < 1.29 is 25.6 Å². The molecule has 0 unspecified atom stereocenters. The molecule has 34 heavy (non-hydrogen) atoms. The topological polar surface area (TPSA) is 78.5 Å². The van der Waals surface area contributed by atoms with Crippen LogP contribution in [0.2, 0.25) is 0 Å². The van der Waals surface area contributed by atoms with Crippen LogP contribution in [0.3, 0.4) is 0 Å². The first-order valence-electron chi connectivity index (χ1n) is 11.2. The highest BCUT2D eigenvalue weighted by Crippen LogP contribution is 2.18. The van der Waals surface area contributed by atoms with Gasteiger partial charge in [0.15, 0.2) is 0 Å². The second-order valence-electron chi connectivity index (χ2n) is 8.51. The number of benzene rings is 3. The Labute approximate surface area is 207 Å². The third kappa shape index (κ3) is 6.82. The molecule has 6 nitrogen and oxygen atoms in total. The monoisotopic (exact) mass is 498 g/mol. The third-order valence-electron chi connectivity index (χ3n) is 5.90. The minimum Gasteiger partial charge on any atom is -1.00 e. The van der Waals surface area contributed by atoms with E-state index in [1.165, 1.54) is 17.7 Å². The number of rotatable bonds is 7. The van der Waals surface area contributed by atoms with E-state index in [1.54, 1.807) is 24.3 Å². The quantitative estimate of drug-likeness (QED) is 0.513. The van der Waals surface area contributed by atoms with Crippen molar-refractivity contribution in [1.29, 1.82) is 0 Å². The average molecular weight is 499 g/mol. The number of carbonyl (C=O) groups excluding carboxylic acids is 1. The van der Waals surface area contributed by atoms with Crippen molar-refractivity contribution in [3.05, 3.63) is 95.6 Å². The lowest BCUT2D eigenvalue weighted by molar-refractivity contribution is -0.0000180. The molecule has 1 saturated heterocycles. The van der Waals surface area contributed by atoms with E-state index in [1.807, 2.05) is 25.1 Å². The van der Waals surface area contributed by atoms with Crippen LogP contribution in [0.4, 0.5) is 5.69 Å². The lowest BCUT2D eigenvalue weighted by Crippen LogP contribution is -3.00. The minimum atomic E-state index is -3.72. The molecule has 1 aliphatic heterocycles. The average Bonchev–Trinajstić information content (AvgIpc) is 2.82. The second kappa shape index (κ2) is 11.5. The molecule has 2 N–H and O–H groups in total. The number of hydrogen-bond donors (Lipinski definition) is 2. The van der Waals surface area contributed by atoms with Gasteiger partial charge in [-0.3, -0.25) is 14.4 Å². The Morgan fingerprint density at radius 3 is 2.15 bits per heavy atom. The number of amides is 1. The first kappa shape index (κ1) is 25.7. The van der Waals surface area contributed by atoms with Gasteiger partial charge in [-0.2, -0.15) is 0 Å². The minimum absolute atomic E-state index is 0. The number of hydrogen-bond acceptors (Lipinski definition) is 4. The molecule has 8 heteroatoms. The number of piperidine rings is 1. The second-order valence-corrected chi connectivity index (χ2v) is 10.2. The van der Waals surface area contributed by atoms with Crippen LogP contribution in [0.15, 0.2) is 83.8 Å². The van der Waals surface area contributed by atoms with Gasteiger partial charge in [-0.05, 0) is 61.7 Å². The fourth-order valence-corrected chi connectivity index (χ4v) is 5.03. The molecule has 0 saturated carbocycles. The number of nitrogens with zero attached hydrogens (tertiary/aromatic N) is 1. The summed E-state index contributed by atoms with van der Waals surface area (Å²) in [4.78, 5) is 15.2. The highest BCUT2D eigenvalue weighted by Gasteiger charge is 2.22. The number of carbonyl (C=O) groups is 1. The fourth-order valence-electron chi connectivity index (χ4n) is 3.97. The number of nitrogens with one attached hydrogen (secondary N) is 2. The maximum atomic E-state index is 12.7. The summed E-state index contributed by atoms with van der Waals surface area (Å²) in [5.41, 5.74) is 3.30. The van der Waals surface area contributed by atoms with Crippen molar-refractivity contribution in [1.82, 2.24) is 10.2 Å². The molecule has 0 bridgehead atoms. The number of anilines is 1. The van der Waals surface area contributed by atoms with Gasteiger partial charge < -0.3 is 17.7 Å². The van der Waals surface area contributed by atoms with E-state index in [0.29, 0.717) is 11.3 Å². The van der Waals surface area contributed by atoms with Crippen LogP contribution in [0, 0.1) is 6.92 Å². The molecule has 3 aromatic rings. The molecule has 0 aliphatic carbocycles. The van der Waals surface area contributed by atoms with Crippen LogP contribution in [0.25, 0.3) is 0 Å². The summed E-state index contributed by atoms with van der Waals surface area (Å²) in [6.45, 7) is 4.73. The molecule has 0 atom stereocenters. The molecule has 0 aromatic heterocycles. The first-order chi connectivity index (χ1) is 15.9. The zero-order valence-electron chi connectivity index (χ0n) is 19.1. The number of likely N-dealkylation sites (tertiary alicyclic amines) is 1. The highest BCUT2D eigenvalue weighted by molar-refractivity contribution is 7.92. The Morgan fingerprint density at radius 1 is 0.912 bits per heavy atom. The molecule has 1 amide bonds. The molecule has 4 rings (SSSR count). The molecule has 1 aliphatic rings. The third-order valence-corrected chi connectivity index (χ3v) is 7.30. The Hall–Kier alpha value is -2.87. The summed E-state index contributed by atoms with van der Waals surface area (Å²) < 4.78 is 27.8. The van der Waals surface area contributed by atoms with Crippen molar-refractivity contribution in [2.45, 2.75) is 37.2 Å². The Morgan fingerprint density at radius 2 is 1.53 bits per heavy atom. The number of halogens is 1. The van der Waals surface area contributed by atoms with Crippen molar-refractivity contribution in [2.75, 3.05) is 17.8 Å². The largest absolute Gasteiger partial charge is 1.00 e. The summed E-state index contributed by atoms with van der Waals surface area (Å²) in [6, 6.07) is 23.7. The van der Waals surface area contributed by atoms with Crippen molar-refractivity contribution >= 4 is 21.6 Å². The standard InChI is InChI=1S/C26H29N3O3S.ClH/c1-20-7-11-24(12-8-20)28-33(31,32)25-13-9-22(10-14-25)26(30)27-23-15-17-29(18-16-23)19-21-5-3-2-4-6-21;/h2-14,23,28H,15-19H2,1H3,(H,27,30);1H/p-1. The van der Waals surface area contributed by atoms with E-state index in [2.05, 4.69) is 39.2 Å². The molecule has 3 aromatic carbocycles. The summed E-state index contributed by atoms with van der Waals surface area (Å²) >= 11 is 0. The van der Waals surface area contributed by atoms with Crippen LogP contribution >= 0.6 is 0 Å². The fraction of sp³-hybridized carbons (Fsp3) is 0.269. The van der Waals surface area contributed by atoms with E-state index >= 15 is 0 Å². The summed E-state index contributed by atoms with van der Waals surface area (Å²) in [6.07, 6.45) is 1.79. The Kier molecular flexibility index (Phi) is 8.72. The van der Waals surface area contributed by atoms with Gasteiger partial charge in [0.1, 0.15) is 0 Å². The van der Waals surface area contributed by atoms with Crippen molar-refractivity contribution in [2.24, 2.45) is 0 Å². The van der Waals surface area contributed by atoms with Gasteiger partial charge in [-0.1, -0.05) is 48.0 Å². The first-order valence-corrected chi connectivity index (χ1v) is 12.6. The van der Waals surface area contributed by atoms with Crippen LogP contribution in [0.1, 0.15) is 34.3 Å². The highest BCUT2D eigenvalue weighted by atomic mass is 35.5. The van der Waals surface area contributed by atoms with Gasteiger partial charge in [0.05, 0.1) is 4.90 Å². The SMILES string of the molecule is Cc1ccc(NS(=O)(=O)c2ccc(C(=O)NC3CCN(Cc4ccccc4)CC3)cc2)cc1.[Cl-]. The summed E-state index contributed by atoms with van der Waals surface area (Å²) in [5.74, 6) is -0.174. The molecule has 0 spiro atoms. The molecule has 0 radical (unpaired) electrons. The molecular formula is C26H29ClN3O3S-. The van der Waals surface area contributed by atoms with Crippen LogP contribution in [-0.4, -0.2) is 38.4 Å². The van der Waals surface area contributed by atoms with Gasteiger partial charge in [0, 0.05) is 36.9 Å². The van der Waals surface area contributed by atoms with Crippen LogP contribution in [0.5, 0.6) is 0 Å². The van der Waals surface area contributed by atoms with Crippen molar-refractivity contribution in [3.63, 3.8) is 0 Å². The van der Waals surface area contributed by atoms with Crippen LogP contribution in [-0.2, 0) is 16.6 Å². The predicted octanol–water partition coefficient (Wildman–Crippen LogP) is 1.19. The molecule has 1 heterocycles. The smallest absolute Gasteiger partial charge is 0.261 e. The maximum Gasteiger partial charge on any atom is 0.261 e. The van der Waals surface area contributed by atoms with Crippen LogP contribution < -0.4 is 22.4 Å². The van der Waals surface area contributed by atoms with Gasteiger partial charge in [-0.25, -0.2) is 8.42 Å². The van der Waals surface area contributed by atoms with E-state index in [4.69, 9.17) is 0 Å². The summed E-state index contributed by atoms with van der Waals surface area (Å²) in [7, 11) is -3.72. The number of sulfonamides is 1. The molecule has 180 valence electrons. The zero-order chi connectivity index (χ0) is 23.3. The number of aryl methyl sites for hydroxylation is 1. The summed E-state index contributed by atoms with van der Waals surface area (Å²) in [5, 5.41) is 3.09. The Balaban J connectivity index is 0.00000324. The lowest BCUT2D eigenvalue weighted by atomic mass is 10.0. The van der Waals surface area contributed by atoms with Gasteiger partial charge in [0.2, 0.25) is 0 Å². The van der Waals surface area contributed by atoms with Gasteiger partial charge >= 0.3 is 0 Å². The van der Waals surface area contributed by atoms with E-state index < -0.39 is 10.0 Å². The van der Waals surface area contributed by atoms with Gasteiger partial charge in [-0.15, -0.1) is 0 Å². The lowest BCUT2D eigenvalue weighted by Gasteiger charge is -2.32. The van der Waals surface area contributed by atoms with Gasteiger partial charge in [0.25, 0.3) is 15.9 Å².